The molecule has 0 aliphatic heterocycles. The molecule has 2 nitrogen and oxygen atoms in total. The van der Waals surface area contributed by atoms with Crippen molar-refractivity contribution in [1.29, 1.82) is 0 Å². The van der Waals surface area contributed by atoms with Gasteiger partial charge >= 0.3 is 0 Å². The summed E-state index contributed by atoms with van der Waals surface area (Å²) in [5.41, 5.74) is 9.22. The van der Waals surface area contributed by atoms with E-state index in [-0.39, 0.29) is 0 Å². The Hall–Kier alpha value is -1.96. The van der Waals surface area contributed by atoms with Crippen LogP contribution in [0.2, 0.25) is 0 Å². The van der Waals surface area contributed by atoms with Crippen molar-refractivity contribution in [2.45, 2.75) is 79.1 Å². The van der Waals surface area contributed by atoms with Gasteiger partial charge in [0, 0.05) is 0 Å². The minimum atomic E-state index is 0.436. The van der Waals surface area contributed by atoms with Gasteiger partial charge in [0.15, 0.2) is 0 Å². The zero-order valence-electron chi connectivity index (χ0n) is 17.0. The van der Waals surface area contributed by atoms with Crippen LogP contribution in [0.25, 0.3) is 0 Å². The molecule has 0 radical (unpaired) electrons. The number of hydrogen-bond donors (Lipinski definition) is 2. The fraction of sp³-hybridized carbons (Fsp3) is 0.500. The average molecular weight is 353 g/mol. The van der Waals surface area contributed by atoms with E-state index in [9.17, 15) is 10.2 Å². The first-order valence-corrected chi connectivity index (χ1v) is 9.83. The lowest BCUT2D eigenvalue weighted by Gasteiger charge is -2.35. The summed E-state index contributed by atoms with van der Waals surface area (Å²) in [4.78, 5) is 0. The Morgan fingerprint density at radius 3 is 1.31 bits per heavy atom. The van der Waals surface area contributed by atoms with Crippen molar-refractivity contribution in [1.82, 2.24) is 0 Å². The molecule has 2 aromatic rings. The van der Waals surface area contributed by atoms with Crippen LogP contribution in [0, 0.1) is 41.5 Å². The molecule has 140 valence electrons. The Labute approximate surface area is 157 Å². The second-order valence-electron chi connectivity index (χ2n) is 8.26. The topological polar surface area (TPSA) is 40.5 Å². The summed E-state index contributed by atoms with van der Waals surface area (Å²) in [6.07, 6.45) is 4.89. The predicted molar refractivity (Wildman–Crippen MR) is 109 cm³/mol. The van der Waals surface area contributed by atoms with Gasteiger partial charge in [-0.3, -0.25) is 0 Å². The molecule has 1 saturated carbocycles. The largest absolute Gasteiger partial charge is 0.507 e. The van der Waals surface area contributed by atoms with E-state index in [1.165, 1.54) is 47.9 Å². The third-order valence-electron chi connectivity index (χ3n) is 6.76. The van der Waals surface area contributed by atoms with Crippen molar-refractivity contribution in [2.75, 3.05) is 0 Å². The van der Waals surface area contributed by atoms with Crippen molar-refractivity contribution >= 4 is 0 Å². The van der Waals surface area contributed by atoms with Crippen LogP contribution < -0.4 is 0 Å². The number of hydrogen-bond acceptors (Lipinski definition) is 2. The van der Waals surface area contributed by atoms with Crippen LogP contribution in [0.1, 0.15) is 82.0 Å². The summed E-state index contributed by atoms with van der Waals surface area (Å²) in [5, 5.41) is 20.6. The molecule has 0 aromatic heterocycles. The Kier molecular flexibility index (Phi) is 5.05. The molecule has 2 N–H and O–H groups in total. The molecule has 2 atom stereocenters. The minimum Gasteiger partial charge on any atom is -0.507 e. The van der Waals surface area contributed by atoms with E-state index in [0.717, 1.165) is 22.3 Å². The first-order chi connectivity index (χ1) is 12.2. The van der Waals surface area contributed by atoms with Crippen LogP contribution in [0.4, 0.5) is 0 Å². The molecule has 3 rings (SSSR count). The van der Waals surface area contributed by atoms with Gasteiger partial charge in [-0.25, -0.2) is 0 Å². The fourth-order valence-corrected chi connectivity index (χ4v) is 4.85. The van der Waals surface area contributed by atoms with Gasteiger partial charge in [-0.1, -0.05) is 25.0 Å². The van der Waals surface area contributed by atoms with Crippen molar-refractivity contribution in [3.63, 3.8) is 0 Å². The van der Waals surface area contributed by atoms with Crippen LogP contribution >= 0.6 is 0 Å². The highest BCUT2D eigenvalue weighted by atomic mass is 16.3. The van der Waals surface area contributed by atoms with Gasteiger partial charge in [-0.2, -0.15) is 0 Å². The average Bonchev–Trinajstić information content (AvgIpc) is 2.64. The van der Waals surface area contributed by atoms with Gasteiger partial charge in [-0.15, -0.1) is 0 Å². The zero-order valence-corrected chi connectivity index (χ0v) is 17.0. The molecule has 26 heavy (non-hydrogen) atoms. The van der Waals surface area contributed by atoms with Crippen molar-refractivity contribution in [2.24, 2.45) is 0 Å². The highest BCUT2D eigenvalue weighted by molar-refractivity contribution is 5.53. The molecule has 2 aromatic carbocycles. The van der Waals surface area contributed by atoms with Crippen LogP contribution in [0.3, 0.4) is 0 Å². The van der Waals surface area contributed by atoms with Gasteiger partial charge in [0.05, 0.1) is 0 Å². The molecule has 0 amide bonds. The lowest BCUT2D eigenvalue weighted by Crippen LogP contribution is -2.19. The van der Waals surface area contributed by atoms with Crippen molar-refractivity contribution in [3.8, 4) is 11.5 Å². The number of aryl methyl sites for hydroxylation is 2. The van der Waals surface area contributed by atoms with E-state index in [2.05, 4.69) is 26.0 Å². The minimum absolute atomic E-state index is 0.436. The van der Waals surface area contributed by atoms with Gasteiger partial charge < -0.3 is 10.2 Å². The first-order valence-electron chi connectivity index (χ1n) is 9.83. The molecular formula is C24H32O2. The van der Waals surface area contributed by atoms with E-state index in [1.54, 1.807) is 0 Å². The summed E-state index contributed by atoms with van der Waals surface area (Å²) >= 11 is 0. The summed E-state index contributed by atoms with van der Waals surface area (Å²) in [6, 6.07) is 4.41. The SMILES string of the molecule is Cc1cc(C2CCCCC2c2cc(C)c(O)c(C)c2C)c(C)c(C)c1O. The number of aromatic hydroxyl groups is 2. The maximum Gasteiger partial charge on any atom is 0.121 e. The Balaban J connectivity index is 2.14. The van der Waals surface area contributed by atoms with E-state index < -0.39 is 0 Å². The molecular weight excluding hydrogens is 320 g/mol. The fourth-order valence-electron chi connectivity index (χ4n) is 4.85. The number of phenols is 2. The van der Waals surface area contributed by atoms with Crippen LogP contribution in [0.15, 0.2) is 12.1 Å². The lowest BCUT2D eigenvalue weighted by molar-refractivity contribution is 0.382. The third kappa shape index (κ3) is 3.00. The predicted octanol–water partition coefficient (Wildman–Crippen LogP) is 6.39. The molecule has 0 heterocycles. The van der Waals surface area contributed by atoms with Crippen LogP contribution in [-0.4, -0.2) is 10.2 Å². The monoisotopic (exact) mass is 352 g/mol. The third-order valence-corrected chi connectivity index (χ3v) is 6.76. The number of phenolic OH excluding ortho intramolecular Hbond substituents is 2. The van der Waals surface area contributed by atoms with E-state index >= 15 is 0 Å². The summed E-state index contributed by atoms with van der Waals surface area (Å²) < 4.78 is 0. The molecule has 2 unspecified atom stereocenters. The van der Waals surface area contributed by atoms with Gasteiger partial charge in [0.2, 0.25) is 0 Å². The maximum absolute atomic E-state index is 10.3. The van der Waals surface area contributed by atoms with Gasteiger partial charge in [0.1, 0.15) is 11.5 Å². The smallest absolute Gasteiger partial charge is 0.121 e. The molecule has 2 heteroatoms. The van der Waals surface area contributed by atoms with Crippen molar-refractivity contribution < 1.29 is 10.2 Å². The molecule has 1 aliphatic carbocycles. The Morgan fingerprint density at radius 2 is 0.962 bits per heavy atom. The normalized spacial score (nSPS) is 20.4. The highest BCUT2D eigenvalue weighted by Crippen LogP contribution is 2.48. The summed E-state index contributed by atoms with van der Waals surface area (Å²) in [6.45, 7) is 12.4. The van der Waals surface area contributed by atoms with Gasteiger partial charge in [0.25, 0.3) is 0 Å². The van der Waals surface area contributed by atoms with Crippen LogP contribution in [-0.2, 0) is 0 Å². The number of rotatable bonds is 2. The van der Waals surface area contributed by atoms with E-state index in [1.807, 2.05) is 27.7 Å². The Morgan fingerprint density at radius 1 is 0.615 bits per heavy atom. The summed E-state index contributed by atoms with van der Waals surface area (Å²) in [7, 11) is 0. The van der Waals surface area contributed by atoms with Gasteiger partial charge in [-0.05, 0) is 111 Å². The lowest BCUT2D eigenvalue weighted by atomic mass is 9.69. The first kappa shape index (κ1) is 18.8. The summed E-state index contributed by atoms with van der Waals surface area (Å²) in [5.74, 6) is 1.82. The number of benzene rings is 2. The second-order valence-corrected chi connectivity index (χ2v) is 8.26. The second kappa shape index (κ2) is 6.98. The zero-order chi connectivity index (χ0) is 19.2. The molecule has 0 spiro atoms. The van der Waals surface area contributed by atoms with E-state index in [0.29, 0.717) is 23.3 Å². The van der Waals surface area contributed by atoms with Crippen LogP contribution in [0.5, 0.6) is 11.5 Å². The molecule has 1 aliphatic rings. The standard InChI is InChI=1S/C24H32O2/c1-13-11-21(15(3)17(5)23(13)25)19-9-7-8-10-20(19)22-12-14(2)24(26)18(6)16(22)4/h11-12,19-20,25-26H,7-10H2,1-6H3. The van der Waals surface area contributed by atoms with E-state index in [4.69, 9.17) is 0 Å². The van der Waals surface area contributed by atoms with Crippen molar-refractivity contribution in [3.05, 3.63) is 56.6 Å². The molecule has 0 bridgehead atoms. The maximum atomic E-state index is 10.3. The Bertz CT molecular complexity index is 777. The quantitative estimate of drug-likeness (QED) is 0.657. The highest BCUT2D eigenvalue weighted by Gasteiger charge is 2.31. The molecule has 1 fully saturated rings. The molecule has 0 saturated heterocycles.